The van der Waals surface area contributed by atoms with Crippen molar-refractivity contribution in [1.29, 1.82) is 0 Å². The van der Waals surface area contributed by atoms with Crippen molar-refractivity contribution >= 4 is 15.9 Å². The number of aryl methyl sites for hydroxylation is 1. The van der Waals surface area contributed by atoms with Crippen LogP contribution < -0.4 is 19.5 Å². The molecule has 0 atom stereocenters. The van der Waals surface area contributed by atoms with E-state index < -0.39 is 0 Å². The minimum absolute atomic E-state index is 0.562. The first kappa shape index (κ1) is 22.2. The Hall–Kier alpha value is -2.50. The summed E-state index contributed by atoms with van der Waals surface area (Å²) in [6, 6.07) is 20.5. The Balaban J connectivity index is 1.57. The van der Waals surface area contributed by atoms with Gasteiger partial charge in [-0.3, -0.25) is 0 Å². The normalized spacial score (nSPS) is 10.7. The lowest BCUT2D eigenvalue weighted by Gasteiger charge is -2.14. The predicted octanol–water partition coefficient (Wildman–Crippen LogP) is 5.69. The Morgan fingerprint density at radius 2 is 1.60 bits per heavy atom. The molecule has 1 N–H and O–H groups in total. The molecule has 0 aliphatic rings. The van der Waals surface area contributed by atoms with Gasteiger partial charge in [-0.05, 0) is 66.9 Å². The van der Waals surface area contributed by atoms with Crippen molar-refractivity contribution in [2.75, 3.05) is 20.8 Å². The zero-order valence-corrected chi connectivity index (χ0v) is 19.3. The van der Waals surface area contributed by atoms with Gasteiger partial charge in [0, 0.05) is 16.6 Å². The lowest BCUT2D eigenvalue weighted by molar-refractivity contribution is 0.301. The zero-order valence-electron chi connectivity index (χ0n) is 17.7. The standard InChI is InChI=1S/C25H28BrNO3/c1-18-6-4-5-7-20(18)17-30-23-11-9-22(26)15-21(23)16-27-13-12-19-8-10-24(28-2)25(14-19)29-3/h4-11,14-15,27H,12-13,16-17H2,1-3H3. The highest BCUT2D eigenvalue weighted by Crippen LogP contribution is 2.28. The first-order valence-electron chi connectivity index (χ1n) is 9.98. The molecule has 0 amide bonds. The molecule has 5 heteroatoms. The highest BCUT2D eigenvalue weighted by molar-refractivity contribution is 9.10. The molecule has 3 rings (SSSR count). The van der Waals surface area contributed by atoms with Crippen molar-refractivity contribution in [3.63, 3.8) is 0 Å². The number of benzene rings is 3. The molecule has 0 heterocycles. The Kier molecular flexibility index (Phi) is 8.17. The van der Waals surface area contributed by atoms with Crippen LogP contribution in [0.3, 0.4) is 0 Å². The van der Waals surface area contributed by atoms with Crippen LogP contribution in [-0.2, 0) is 19.6 Å². The Bertz CT molecular complexity index is 974. The van der Waals surface area contributed by atoms with E-state index in [4.69, 9.17) is 14.2 Å². The van der Waals surface area contributed by atoms with E-state index in [1.165, 1.54) is 16.7 Å². The van der Waals surface area contributed by atoms with Crippen molar-refractivity contribution in [2.24, 2.45) is 0 Å². The van der Waals surface area contributed by atoms with Crippen LogP contribution in [0.2, 0.25) is 0 Å². The third kappa shape index (κ3) is 6.00. The Morgan fingerprint density at radius 3 is 2.37 bits per heavy atom. The molecule has 4 nitrogen and oxygen atoms in total. The first-order valence-corrected chi connectivity index (χ1v) is 10.8. The molecule has 0 spiro atoms. The number of methoxy groups -OCH3 is 2. The van der Waals surface area contributed by atoms with Crippen LogP contribution in [0, 0.1) is 6.92 Å². The number of hydrogen-bond acceptors (Lipinski definition) is 4. The van der Waals surface area contributed by atoms with Gasteiger partial charge in [0.2, 0.25) is 0 Å². The van der Waals surface area contributed by atoms with Crippen LogP contribution in [0.15, 0.2) is 65.1 Å². The number of nitrogens with one attached hydrogen (secondary N) is 1. The fourth-order valence-electron chi connectivity index (χ4n) is 3.25. The second-order valence-corrected chi connectivity index (χ2v) is 8.00. The van der Waals surface area contributed by atoms with Crippen molar-refractivity contribution in [3.05, 3.63) is 87.4 Å². The van der Waals surface area contributed by atoms with Crippen molar-refractivity contribution in [1.82, 2.24) is 5.32 Å². The zero-order chi connectivity index (χ0) is 21.3. The van der Waals surface area contributed by atoms with Gasteiger partial charge in [-0.1, -0.05) is 46.3 Å². The van der Waals surface area contributed by atoms with E-state index in [0.29, 0.717) is 6.61 Å². The van der Waals surface area contributed by atoms with Gasteiger partial charge in [0.1, 0.15) is 12.4 Å². The van der Waals surface area contributed by atoms with E-state index in [9.17, 15) is 0 Å². The van der Waals surface area contributed by atoms with E-state index in [-0.39, 0.29) is 0 Å². The quantitative estimate of drug-likeness (QED) is 0.387. The van der Waals surface area contributed by atoms with E-state index in [1.807, 2.05) is 36.4 Å². The number of halogens is 1. The maximum absolute atomic E-state index is 6.14. The molecule has 3 aromatic carbocycles. The maximum atomic E-state index is 6.14. The molecular weight excluding hydrogens is 442 g/mol. The summed E-state index contributed by atoms with van der Waals surface area (Å²) in [5.74, 6) is 2.41. The molecule has 0 aliphatic carbocycles. The molecule has 158 valence electrons. The fraction of sp³-hybridized carbons (Fsp3) is 0.280. The van der Waals surface area contributed by atoms with Gasteiger partial charge in [0.05, 0.1) is 14.2 Å². The Labute approximate surface area is 187 Å². The molecule has 0 radical (unpaired) electrons. The lowest BCUT2D eigenvalue weighted by atomic mass is 10.1. The van der Waals surface area contributed by atoms with Crippen molar-refractivity contribution in [2.45, 2.75) is 26.5 Å². The SMILES string of the molecule is COc1ccc(CCNCc2cc(Br)ccc2OCc2ccccc2C)cc1OC. The van der Waals surface area contributed by atoms with Crippen molar-refractivity contribution < 1.29 is 14.2 Å². The molecule has 3 aromatic rings. The van der Waals surface area contributed by atoms with Gasteiger partial charge < -0.3 is 19.5 Å². The summed E-state index contributed by atoms with van der Waals surface area (Å²) in [6.07, 6.45) is 0.897. The maximum Gasteiger partial charge on any atom is 0.160 e. The average molecular weight is 470 g/mol. The van der Waals surface area contributed by atoms with Gasteiger partial charge in [-0.25, -0.2) is 0 Å². The molecular formula is C25H28BrNO3. The molecule has 0 aliphatic heterocycles. The summed E-state index contributed by atoms with van der Waals surface area (Å²) in [5.41, 5.74) is 4.77. The van der Waals surface area contributed by atoms with Crippen LogP contribution in [0.25, 0.3) is 0 Å². The smallest absolute Gasteiger partial charge is 0.160 e. The molecule has 0 aromatic heterocycles. The van der Waals surface area contributed by atoms with Gasteiger partial charge >= 0.3 is 0 Å². The topological polar surface area (TPSA) is 39.7 Å². The van der Waals surface area contributed by atoms with Crippen LogP contribution in [0.4, 0.5) is 0 Å². The third-order valence-electron chi connectivity index (χ3n) is 5.02. The Morgan fingerprint density at radius 1 is 0.833 bits per heavy atom. The van der Waals surface area contributed by atoms with Gasteiger partial charge in [0.25, 0.3) is 0 Å². The van der Waals surface area contributed by atoms with Crippen LogP contribution in [-0.4, -0.2) is 20.8 Å². The second kappa shape index (κ2) is 11.0. The van der Waals surface area contributed by atoms with Gasteiger partial charge in [0.15, 0.2) is 11.5 Å². The number of rotatable bonds is 10. The minimum Gasteiger partial charge on any atom is -0.493 e. The third-order valence-corrected chi connectivity index (χ3v) is 5.51. The summed E-state index contributed by atoms with van der Waals surface area (Å²) < 4.78 is 17.9. The molecule has 30 heavy (non-hydrogen) atoms. The number of ether oxygens (including phenoxy) is 3. The fourth-order valence-corrected chi connectivity index (χ4v) is 3.65. The highest BCUT2D eigenvalue weighted by atomic mass is 79.9. The molecule has 0 saturated heterocycles. The number of hydrogen-bond donors (Lipinski definition) is 1. The highest BCUT2D eigenvalue weighted by Gasteiger charge is 2.08. The van der Waals surface area contributed by atoms with Crippen molar-refractivity contribution in [3.8, 4) is 17.2 Å². The summed E-state index contributed by atoms with van der Waals surface area (Å²) in [7, 11) is 3.31. The molecule has 0 saturated carbocycles. The summed E-state index contributed by atoms with van der Waals surface area (Å²) >= 11 is 3.57. The average Bonchev–Trinajstić information content (AvgIpc) is 2.77. The first-order chi connectivity index (χ1) is 14.6. The van der Waals surface area contributed by atoms with Gasteiger partial charge in [-0.15, -0.1) is 0 Å². The van der Waals surface area contributed by atoms with E-state index >= 15 is 0 Å². The summed E-state index contributed by atoms with van der Waals surface area (Å²) in [5, 5.41) is 3.52. The van der Waals surface area contributed by atoms with E-state index in [1.54, 1.807) is 14.2 Å². The largest absolute Gasteiger partial charge is 0.493 e. The summed E-state index contributed by atoms with van der Waals surface area (Å²) in [6.45, 7) is 4.25. The second-order valence-electron chi connectivity index (χ2n) is 7.08. The predicted molar refractivity (Wildman–Crippen MR) is 125 cm³/mol. The lowest BCUT2D eigenvalue weighted by Crippen LogP contribution is -2.17. The van der Waals surface area contributed by atoms with Crippen LogP contribution in [0.1, 0.15) is 22.3 Å². The summed E-state index contributed by atoms with van der Waals surface area (Å²) in [4.78, 5) is 0. The van der Waals surface area contributed by atoms with Gasteiger partial charge in [-0.2, -0.15) is 0 Å². The van der Waals surface area contributed by atoms with Crippen LogP contribution in [0.5, 0.6) is 17.2 Å². The molecule has 0 fully saturated rings. The minimum atomic E-state index is 0.562. The van der Waals surface area contributed by atoms with E-state index in [2.05, 4.69) is 52.4 Å². The molecule has 0 unspecified atom stereocenters. The monoisotopic (exact) mass is 469 g/mol. The molecule has 0 bridgehead atoms. The van der Waals surface area contributed by atoms with Crippen LogP contribution >= 0.6 is 15.9 Å². The van der Waals surface area contributed by atoms with E-state index in [0.717, 1.165) is 46.8 Å².